The van der Waals surface area contributed by atoms with Crippen molar-refractivity contribution in [3.8, 4) is 11.1 Å². The van der Waals surface area contributed by atoms with Crippen molar-refractivity contribution < 1.29 is 24.2 Å². The number of piperidine rings is 1. The maximum absolute atomic E-state index is 13.3. The van der Waals surface area contributed by atoms with Gasteiger partial charge >= 0.3 is 12.1 Å². The van der Waals surface area contributed by atoms with Crippen molar-refractivity contribution in [2.45, 2.75) is 52.0 Å². The smallest absolute Gasteiger partial charge is 0.407 e. The number of carbonyl (C=O) groups is 3. The first-order chi connectivity index (χ1) is 16.7. The van der Waals surface area contributed by atoms with E-state index in [9.17, 15) is 19.5 Å². The molecule has 1 saturated heterocycles. The molecule has 7 heteroatoms. The number of nitrogens with zero attached hydrogens (tertiary/aromatic N) is 1. The molecule has 35 heavy (non-hydrogen) atoms. The SMILES string of the molecule is CC[C@H](C)[C@H](NC(=O)OCC1c2ccccc2-c2ccccc21)C(=O)N1CCC(C)(C(=O)O)CC1. The van der Waals surface area contributed by atoms with Crippen LogP contribution in [0.2, 0.25) is 0 Å². The van der Waals surface area contributed by atoms with Gasteiger partial charge in [-0.3, -0.25) is 9.59 Å². The molecule has 0 bridgehead atoms. The molecule has 2 atom stereocenters. The van der Waals surface area contributed by atoms with Crippen LogP contribution in [-0.2, 0) is 14.3 Å². The summed E-state index contributed by atoms with van der Waals surface area (Å²) in [6, 6.07) is 15.6. The van der Waals surface area contributed by atoms with Crippen LogP contribution in [0.15, 0.2) is 48.5 Å². The number of amides is 2. The van der Waals surface area contributed by atoms with Gasteiger partial charge in [-0.2, -0.15) is 0 Å². The number of carboxylic acids is 1. The summed E-state index contributed by atoms with van der Waals surface area (Å²) in [5, 5.41) is 12.3. The maximum Gasteiger partial charge on any atom is 0.407 e. The van der Waals surface area contributed by atoms with E-state index in [-0.39, 0.29) is 24.3 Å². The van der Waals surface area contributed by atoms with Gasteiger partial charge in [0.15, 0.2) is 0 Å². The molecule has 1 aliphatic carbocycles. The predicted octanol–water partition coefficient (Wildman–Crippen LogP) is 4.65. The molecule has 2 amide bonds. The van der Waals surface area contributed by atoms with Gasteiger partial charge in [-0.05, 0) is 47.9 Å². The Balaban J connectivity index is 1.41. The molecule has 0 radical (unpaired) electrons. The van der Waals surface area contributed by atoms with E-state index in [0.29, 0.717) is 32.4 Å². The van der Waals surface area contributed by atoms with Gasteiger partial charge in [0.1, 0.15) is 12.6 Å². The Morgan fingerprint density at radius 3 is 2.11 bits per heavy atom. The number of aliphatic carboxylic acids is 1. The summed E-state index contributed by atoms with van der Waals surface area (Å²) in [6.45, 7) is 6.53. The summed E-state index contributed by atoms with van der Waals surface area (Å²) in [6.07, 6.45) is 0.886. The normalized spacial score (nSPS) is 18.2. The lowest BCUT2D eigenvalue weighted by Crippen LogP contribution is -2.55. The van der Waals surface area contributed by atoms with Crippen LogP contribution >= 0.6 is 0 Å². The van der Waals surface area contributed by atoms with Crippen LogP contribution in [0.3, 0.4) is 0 Å². The number of hydrogen-bond donors (Lipinski definition) is 2. The van der Waals surface area contributed by atoms with Gasteiger partial charge in [0.05, 0.1) is 5.41 Å². The van der Waals surface area contributed by atoms with E-state index in [0.717, 1.165) is 22.3 Å². The number of fused-ring (bicyclic) bond motifs is 3. The van der Waals surface area contributed by atoms with E-state index in [4.69, 9.17) is 4.74 Å². The molecule has 2 aromatic rings. The van der Waals surface area contributed by atoms with E-state index in [1.807, 2.05) is 38.1 Å². The molecule has 2 aliphatic rings. The topological polar surface area (TPSA) is 95.9 Å². The lowest BCUT2D eigenvalue weighted by molar-refractivity contribution is -0.153. The van der Waals surface area contributed by atoms with Crippen molar-refractivity contribution in [3.05, 3.63) is 59.7 Å². The Morgan fingerprint density at radius 2 is 1.60 bits per heavy atom. The molecule has 2 N–H and O–H groups in total. The fourth-order valence-electron chi connectivity index (χ4n) is 5.08. The predicted molar refractivity (Wildman–Crippen MR) is 133 cm³/mol. The number of carbonyl (C=O) groups excluding carboxylic acids is 2. The number of alkyl carbamates (subject to hydrolysis) is 1. The summed E-state index contributed by atoms with van der Waals surface area (Å²) in [5.41, 5.74) is 3.76. The Morgan fingerprint density at radius 1 is 1.06 bits per heavy atom. The van der Waals surface area contributed by atoms with Crippen LogP contribution in [0.5, 0.6) is 0 Å². The van der Waals surface area contributed by atoms with Gasteiger partial charge in [-0.1, -0.05) is 68.8 Å². The largest absolute Gasteiger partial charge is 0.481 e. The summed E-state index contributed by atoms with van der Waals surface area (Å²) >= 11 is 0. The third kappa shape index (κ3) is 4.90. The molecular formula is C28H34N2O5. The van der Waals surface area contributed by atoms with Gasteiger partial charge in [-0.15, -0.1) is 0 Å². The molecule has 0 saturated carbocycles. The zero-order valence-corrected chi connectivity index (χ0v) is 20.6. The highest BCUT2D eigenvalue weighted by molar-refractivity contribution is 5.86. The van der Waals surface area contributed by atoms with Crippen LogP contribution in [0.25, 0.3) is 11.1 Å². The Labute approximate surface area is 206 Å². The minimum atomic E-state index is -0.833. The second kappa shape index (κ2) is 10.1. The molecular weight excluding hydrogens is 444 g/mol. The molecule has 2 aromatic carbocycles. The lowest BCUT2D eigenvalue weighted by Gasteiger charge is -2.38. The number of ether oxygens (including phenoxy) is 1. The quantitative estimate of drug-likeness (QED) is 0.604. The first-order valence-electron chi connectivity index (χ1n) is 12.4. The van der Waals surface area contributed by atoms with Crippen molar-refractivity contribution in [2.24, 2.45) is 11.3 Å². The second-order valence-corrected chi connectivity index (χ2v) is 10.0. The van der Waals surface area contributed by atoms with E-state index >= 15 is 0 Å². The molecule has 1 fully saturated rings. The Kier molecular flexibility index (Phi) is 7.15. The van der Waals surface area contributed by atoms with Crippen LogP contribution in [-0.4, -0.2) is 53.7 Å². The van der Waals surface area contributed by atoms with Gasteiger partial charge in [0.2, 0.25) is 5.91 Å². The molecule has 7 nitrogen and oxygen atoms in total. The van der Waals surface area contributed by atoms with Crippen molar-refractivity contribution in [3.63, 3.8) is 0 Å². The molecule has 4 rings (SSSR count). The van der Waals surface area contributed by atoms with E-state index < -0.39 is 23.5 Å². The number of hydrogen-bond acceptors (Lipinski definition) is 4. The van der Waals surface area contributed by atoms with E-state index in [2.05, 4.69) is 29.6 Å². The first kappa shape index (κ1) is 24.8. The monoisotopic (exact) mass is 478 g/mol. The third-order valence-electron chi connectivity index (χ3n) is 7.79. The average Bonchev–Trinajstić information content (AvgIpc) is 3.19. The summed E-state index contributed by atoms with van der Waals surface area (Å²) < 4.78 is 5.67. The zero-order valence-electron chi connectivity index (χ0n) is 20.6. The highest BCUT2D eigenvalue weighted by Crippen LogP contribution is 2.44. The van der Waals surface area contributed by atoms with Crippen LogP contribution in [0.1, 0.15) is 57.1 Å². The van der Waals surface area contributed by atoms with Crippen molar-refractivity contribution in [1.82, 2.24) is 10.2 Å². The molecule has 0 unspecified atom stereocenters. The Hall–Kier alpha value is -3.35. The molecule has 0 aromatic heterocycles. The summed E-state index contributed by atoms with van der Waals surface area (Å²) in [5.74, 6) is -1.16. The fourth-order valence-corrected chi connectivity index (χ4v) is 5.08. The molecule has 1 aliphatic heterocycles. The number of likely N-dealkylation sites (tertiary alicyclic amines) is 1. The van der Waals surface area contributed by atoms with Gasteiger partial charge in [0.25, 0.3) is 0 Å². The van der Waals surface area contributed by atoms with Crippen LogP contribution < -0.4 is 5.32 Å². The van der Waals surface area contributed by atoms with Crippen molar-refractivity contribution >= 4 is 18.0 Å². The second-order valence-electron chi connectivity index (χ2n) is 10.0. The number of rotatable bonds is 7. The van der Waals surface area contributed by atoms with Gasteiger partial charge < -0.3 is 20.1 Å². The summed E-state index contributed by atoms with van der Waals surface area (Å²) in [7, 11) is 0. The Bertz CT molecular complexity index is 1060. The van der Waals surface area contributed by atoms with E-state index in [1.54, 1.807) is 11.8 Å². The third-order valence-corrected chi connectivity index (χ3v) is 7.79. The average molecular weight is 479 g/mol. The molecule has 186 valence electrons. The maximum atomic E-state index is 13.3. The molecule has 1 heterocycles. The number of carboxylic acid groups (broad SMARTS) is 1. The number of benzene rings is 2. The minimum Gasteiger partial charge on any atom is -0.481 e. The molecule has 0 spiro atoms. The highest BCUT2D eigenvalue weighted by Gasteiger charge is 2.40. The van der Waals surface area contributed by atoms with Crippen molar-refractivity contribution in [1.29, 1.82) is 0 Å². The minimum absolute atomic E-state index is 0.0540. The van der Waals surface area contributed by atoms with E-state index in [1.165, 1.54) is 0 Å². The number of nitrogens with one attached hydrogen (secondary N) is 1. The first-order valence-corrected chi connectivity index (χ1v) is 12.4. The van der Waals surface area contributed by atoms with Crippen molar-refractivity contribution in [2.75, 3.05) is 19.7 Å². The lowest BCUT2D eigenvalue weighted by atomic mass is 9.80. The fraction of sp³-hybridized carbons (Fsp3) is 0.464. The standard InChI is InChI=1S/C28H34N2O5/c1-4-18(2)24(25(31)30-15-13-28(3,14-16-30)26(32)33)29-27(34)35-17-23-21-11-7-5-9-19(21)20-10-6-8-12-22(20)23/h5-12,18,23-24H,4,13-17H2,1-3H3,(H,29,34)(H,32,33)/t18-,24-/m0/s1. The van der Waals surface area contributed by atoms with Crippen LogP contribution in [0.4, 0.5) is 4.79 Å². The van der Waals surface area contributed by atoms with Gasteiger partial charge in [0, 0.05) is 19.0 Å². The highest BCUT2D eigenvalue weighted by atomic mass is 16.5. The van der Waals surface area contributed by atoms with Crippen LogP contribution in [0, 0.1) is 11.3 Å². The van der Waals surface area contributed by atoms with Gasteiger partial charge in [-0.25, -0.2) is 4.79 Å². The zero-order chi connectivity index (χ0) is 25.2. The summed E-state index contributed by atoms with van der Waals surface area (Å²) in [4.78, 5) is 39.4.